The van der Waals surface area contributed by atoms with E-state index in [9.17, 15) is 4.79 Å². The van der Waals surface area contributed by atoms with Crippen LogP contribution in [0.4, 0.5) is 5.69 Å². The summed E-state index contributed by atoms with van der Waals surface area (Å²) in [6.45, 7) is 0.386. The second-order valence-corrected chi connectivity index (χ2v) is 4.45. The Morgan fingerprint density at radius 1 is 1.29 bits per heavy atom. The van der Waals surface area contributed by atoms with E-state index in [1.807, 2.05) is 18.2 Å². The molecule has 5 nitrogen and oxygen atoms in total. The van der Waals surface area contributed by atoms with Crippen molar-refractivity contribution >= 4 is 11.6 Å². The number of hydrogen-bond donors (Lipinski definition) is 2. The molecule has 0 atom stereocenters. The van der Waals surface area contributed by atoms with E-state index in [4.69, 9.17) is 15.7 Å². The van der Waals surface area contributed by atoms with Gasteiger partial charge in [0.25, 0.3) is 5.91 Å². The van der Waals surface area contributed by atoms with Crippen LogP contribution in [-0.4, -0.2) is 13.0 Å². The fraction of sp³-hybridized carbons (Fsp3) is 0.125. The van der Waals surface area contributed by atoms with Crippen molar-refractivity contribution in [3.63, 3.8) is 0 Å². The molecule has 0 bridgehead atoms. The normalized spacial score (nSPS) is 9.71. The van der Waals surface area contributed by atoms with Gasteiger partial charge in [-0.2, -0.15) is 5.26 Å². The van der Waals surface area contributed by atoms with Gasteiger partial charge in [0.05, 0.1) is 24.4 Å². The lowest BCUT2D eigenvalue weighted by Gasteiger charge is -2.08. The number of nitrogen functional groups attached to an aromatic ring is 1. The van der Waals surface area contributed by atoms with Crippen LogP contribution in [0.25, 0.3) is 0 Å². The fourth-order valence-corrected chi connectivity index (χ4v) is 1.83. The Hall–Kier alpha value is -3.00. The zero-order valence-corrected chi connectivity index (χ0v) is 11.6. The molecule has 0 saturated carbocycles. The molecule has 0 aliphatic carbocycles. The first-order valence-corrected chi connectivity index (χ1v) is 6.35. The first-order valence-electron chi connectivity index (χ1n) is 6.35. The Morgan fingerprint density at radius 2 is 2.00 bits per heavy atom. The van der Waals surface area contributed by atoms with Crippen molar-refractivity contribution in [3.8, 4) is 11.8 Å². The average molecular weight is 281 g/mol. The van der Waals surface area contributed by atoms with E-state index in [1.165, 1.54) is 7.11 Å². The highest BCUT2D eigenvalue weighted by Gasteiger charge is 2.08. The number of rotatable bonds is 4. The number of carbonyl (C=O) groups excluding carboxylic acids is 1. The van der Waals surface area contributed by atoms with Gasteiger partial charge in [0.1, 0.15) is 5.75 Å². The maximum atomic E-state index is 12.1. The van der Waals surface area contributed by atoms with Crippen molar-refractivity contribution in [1.29, 1.82) is 5.26 Å². The highest BCUT2D eigenvalue weighted by molar-refractivity contribution is 5.95. The number of hydrogen-bond acceptors (Lipinski definition) is 4. The molecule has 1 amide bonds. The van der Waals surface area contributed by atoms with Crippen molar-refractivity contribution in [3.05, 3.63) is 59.2 Å². The predicted molar refractivity (Wildman–Crippen MR) is 79.7 cm³/mol. The number of nitriles is 1. The Bertz CT molecular complexity index is 688. The number of benzene rings is 2. The summed E-state index contributed by atoms with van der Waals surface area (Å²) in [5.74, 6) is 0.263. The molecule has 0 radical (unpaired) electrons. The maximum absolute atomic E-state index is 12.1. The van der Waals surface area contributed by atoms with Gasteiger partial charge in [-0.1, -0.05) is 12.1 Å². The lowest BCUT2D eigenvalue weighted by atomic mass is 10.1. The molecular formula is C16H15N3O2. The Balaban J connectivity index is 2.02. The molecule has 0 saturated heterocycles. The minimum atomic E-state index is -0.211. The summed E-state index contributed by atoms with van der Waals surface area (Å²) in [6, 6.07) is 14.0. The predicted octanol–water partition coefficient (Wildman–Crippen LogP) is 2.08. The molecule has 0 aliphatic rings. The number of carbonyl (C=O) groups is 1. The van der Waals surface area contributed by atoms with Crippen LogP contribution < -0.4 is 15.8 Å². The molecule has 2 aromatic carbocycles. The van der Waals surface area contributed by atoms with Gasteiger partial charge in [0, 0.05) is 12.1 Å². The number of nitrogens with two attached hydrogens (primary N) is 1. The summed E-state index contributed by atoms with van der Waals surface area (Å²) in [5.41, 5.74) is 8.19. The zero-order valence-electron chi connectivity index (χ0n) is 11.6. The quantitative estimate of drug-likeness (QED) is 0.840. The SMILES string of the molecule is COc1cc(C(=O)NCc2ccc(C#N)cc2)ccc1N. The molecule has 0 fully saturated rings. The molecule has 0 unspecified atom stereocenters. The minimum absolute atomic E-state index is 0.211. The Labute approximate surface area is 123 Å². The van der Waals surface area contributed by atoms with Gasteiger partial charge in [-0.25, -0.2) is 0 Å². The molecule has 3 N–H and O–H groups in total. The van der Waals surface area contributed by atoms with Gasteiger partial charge in [0.15, 0.2) is 0 Å². The van der Waals surface area contributed by atoms with E-state index in [1.54, 1.807) is 30.3 Å². The number of anilines is 1. The van der Waals surface area contributed by atoms with Crippen LogP contribution in [0.3, 0.4) is 0 Å². The van der Waals surface area contributed by atoms with E-state index < -0.39 is 0 Å². The second kappa shape index (κ2) is 6.44. The van der Waals surface area contributed by atoms with Crippen molar-refractivity contribution in [2.24, 2.45) is 0 Å². The molecule has 5 heteroatoms. The van der Waals surface area contributed by atoms with Crippen LogP contribution in [0.2, 0.25) is 0 Å². The zero-order chi connectivity index (χ0) is 15.2. The lowest BCUT2D eigenvalue weighted by molar-refractivity contribution is 0.0950. The van der Waals surface area contributed by atoms with E-state index in [0.717, 1.165) is 5.56 Å². The summed E-state index contributed by atoms with van der Waals surface area (Å²) in [5, 5.41) is 11.5. The Morgan fingerprint density at radius 3 is 2.62 bits per heavy atom. The molecule has 2 aromatic rings. The van der Waals surface area contributed by atoms with Gasteiger partial charge in [-0.3, -0.25) is 4.79 Å². The van der Waals surface area contributed by atoms with Gasteiger partial charge in [-0.15, -0.1) is 0 Å². The highest BCUT2D eigenvalue weighted by Crippen LogP contribution is 2.22. The molecule has 106 valence electrons. The topological polar surface area (TPSA) is 88.1 Å². The third-order valence-electron chi connectivity index (χ3n) is 3.03. The van der Waals surface area contributed by atoms with E-state index in [0.29, 0.717) is 29.1 Å². The summed E-state index contributed by atoms with van der Waals surface area (Å²) in [4.78, 5) is 12.1. The number of amides is 1. The standard InChI is InChI=1S/C16H15N3O2/c1-21-15-8-13(6-7-14(15)18)16(20)19-10-12-4-2-11(9-17)3-5-12/h2-8H,10,18H2,1H3,(H,19,20). The molecule has 21 heavy (non-hydrogen) atoms. The van der Waals surface area contributed by atoms with Crippen LogP contribution in [0.5, 0.6) is 5.75 Å². The number of nitrogens with zero attached hydrogens (tertiary/aromatic N) is 1. The average Bonchev–Trinajstić information content (AvgIpc) is 2.53. The number of methoxy groups -OCH3 is 1. The third kappa shape index (κ3) is 3.51. The van der Waals surface area contributed by atoms with Crippen LogP contribution in [0.1, 0.15) is 21.5 Å². The number of ether oxygens (including phenoxy) is 1. The summed E-state index contributed by atoms with van der Waals surface area (Å²) >= 11 is 0. The highest BCUT2D eigenvalue weighted by atomic mass is 16.5. The molecule has 0 heterocycles. The molecule has 2 rings (SSSR count). The van der Waals surface area contributed by atoms with Crippen molar-refractivity contribution in [2.75, 3.05) is 12.8 Å². The monoisotopic (exact) mass is 281 g/mol. The van der Waals surface area contributed by atoms with Gasteiger partial charge in [0.2, 0.25) is 0 Å². The van der Waals surface area contributed by atoms with Crippen molar-refractivity contribution < 1.29 is 9.53 Å². The third-order valence-corrected chi connectivity index (χ3v) is 3.03. The number of nitrogens with one attached hydrogen (secondary N) is 1. The van der Waals surface area contributed by atoms with Gasteiger partial charge < -0.3 is 15.8 Å². The molecule has 0 aromatic heterocycles. The van der Waals surface area contributed by atoms with Crippen LogP contribution in [0, 0.1) is 11.3 Å². The summed E-state index contributed by atoms with van der Waals surface area (Å²) < 4.78 is 5.09. The van der Waals surface area contributed by atoms with E-state index in [-0.39, 0.29) is 5.91 Å². The molecule has 0 spiro atoms. The first kappa shape index (κ1) is 14.4. The lowest BCUT2D eigenvalue weighted by Crippen LogP contribution is -2.22. The van der Waals surface area contributed by atoms with Crippen molar-refractivity contribution in [2.45, 2.75) is 6.54 Å². The summed E-state index contributed by atoms with van der Waals surface area (Å²) in [6.07, 6.45) is 0. The van der Waals surface area contributed by atoms with Crippen molar-refractivity contribution in [1.82, 2.24) is 5.32 Å². The van der Waals surface area contributed by atoms with Crippen LogP contribution in [0.15, 0.2) is 42.5 Å². The Kier molecular flexibility index (Phi) is 4.42. The largest absolute Gasteiger partial charge is 0.495 e. The van der Waals surface area contributed by atoms with Crippen LogP contribution in [-0.2, 0) is 6.54 Å². The van der Waals surface area contributed by atoms with Gasteiger partial charge in [-0.05, 0) is 35.9 Å². The fourth-order valence-electron chi connectivity index (χ4n) is 1.83. The van der Waals surface area contributed by atoms with E-state index >= 15 is 0 Å². The molecule has 0 aliphatic heterocycles. The maximum Gasteiger partial charge on any atom is 0.251 e. The minimum Gasteiger partial charge on any atom is -0.495 e. The summed E-state index contributed by atoms with van der Waals surface area (Å²) in [7, 11) is 1.50. The van der Waals surface area contributed by atoms with Crippen LogP contribution >= 0.6 is 0 Å². The van der Waals surface area contributed by atoms with Gasteiger partial charge >= 0.3 is 0 Å². The second-order valence-electron chi connectivity index (χ2n) is 4.45. The molecular weight excluding hydrogens is 266 g/mol. The smallest absolute Gasteiger partial charge is 0.251 e. The van der Waals surface area contributed by atoms with E-state index in [2.05, 4.69) is 5.32 Å². The first-order chi connectivity index (χ1) is 10.1.